The van der Waals surface area contributed by atoms with Gasteiger partial charge in [-0.25, -0.2) is 19.2 Å². The Morgan fingerprint density at radius 3 is 2.50 bits per heavy atom. The van der Waals surface area contributed by atoms with Crippen LogP contribution in [0.5, 0.6) is 11.5 Å². The first kappa shape index (κ1) is 29.0. The number of carboxylic acids is 1. The Labute approximate surface area is 227 Å². The van der Waals surface area contributed by atoms with Crippen molar-refractivity contribution in [3.05, 3.63) is 101 Å². The van der Waals surface area contributed by atoms with Gasteiger partial charge in [0.25, 0.3) is 11.9 Å². The van der Waals surface area contributed by atoms with Crippen molar-refractivity contribution in [1.82, 2.24) is 24.7 Å². The van der Waals surface area contributed by atoms with E-state index in [-0.39, 0.29) is 41.3 Å². The van der Waals surface area contributed by atoms with Gasteiger partial charge in [-0.05, 0) is 36.4 Å². The van der Waals surface area contributed by atoms with E-state index >= 15 is 4.39 Å². The molecule has 14 heteroatoms. The quantitative estimate of drug-likeness (QED) is 0.111. The zero-order chi connectivity index (χ0) is 29.2. The highest BCUT2D eigenvalue weighted by atomic mass is 19.1. The normalized spacial score (nSPS) is 11.0. The summed E-state index contributed by atoms with van der Waals surface area (Å²) in [4.78, 5) is 32.4. The van der Waals surface area contributed by atoms with Crippen molar-refractivity contribution in [1.29, 1.82) is 5.41 Å². The smallest absolute Gasteiger partial charge is 0.350 e. The van der Waals surface area contributed by atoms with E-state index in [2.05, 4.69) is 31.9 Å². The second kappa shape index (κ2) is 13.3. The van der Waals surface area contributed by atoms with E-state index in [1.807, 2.05) is 0 Å². The maximum Gasteiger partial charge on any atom is 0.350 e. The van der Waals surface area contributed by atoms with Gasteiger partial charge in [-0.2, -0.15) is 0 Å². The minimum Gasteiger partial charge on any atom is -0.493 e. The molecule has 0 bridgehead atoms. The molecule has 2 aromatic carbocycles. The first-order valence-corrected chi connectivity index (χ1v) is 11.6. The van der Waals surface area contributed by atoms with Crippen LogP contribution in [0, 0.1) is 11.2 Å². The lowest BCUT2D eigenvalue weighted by Crippen LogP contribution is -2.18. The zero-order valence-corrected chi connectivity index (χ0v) is 21.6. The molecule has 208 valence electrons. The molecule has 0 aliphatic carbocycles. The van der Waals surface area contributed by atoms with E-state index < -0.39 is 23.5 Å². The van der Waals surface area contributed by atoms with Crippen LogP contribution < -0.4 is 26.2 Å². The van der Waals surface area contributed by atoms with Crippen LogP contribution in [-0.2, 0) is 4.79 Å². The molecule has 4 rings (SSSR count). The molecule has 1 atom stereocenters. The number of halogens is 1. The first-order valence-electron chi connectivity index (χ1n) is 11.6. The molecule has 13 nitrogen and oxygen atoms in total. The summed E-state index contributed by atoms with van der Waals surface area (Å²) in [6.07, 6.45) is 4.50. The van der Waals surface area contributed by atoms with Crippen LogP contribution in [-0.4, -0.2) is 55.4 Å². The molecule has 0 fully saturated rings. The Balaban J connectivity index is 0.00000103. The first-order chi connectivity index (χ1) is 19.1. The third kappa shape index (κ3) is 7.28. The molecule has 0 saturated heterocycles. The molecule has 4 aromatic rings. The number of aromatic amines is 1. The number of amidine groups is 1. The van der Waals surface area contributed by atoms with Crippen molar-refractivity contribution >= 4 is 17.5 Å². The molecule has 0 saturated carbocycles. The molecule has 0 aliphatic heterocycles. The molecule has 40 heavy (non-hydrogen) atoms. The maximum absolute atomic E-state index is 15.4. The number of H-pyrrole nitrogens is 1. The number of nitrogens with zero attached hydrogens (tertiary/aromatic N) is 4. The minimum atomic E-state index is -0.970. The summed E-state index contributed by atoms with van der Waals surface area (Å²) in [5.74, 6) is -0.919. The molecule has 6 N–H and O–H groups in total. The summed E-state index contributed by atoms with van der Waals surface area (Å²) in [7, 11) is 1.40. The van der Waals surface area contributed by atoms with Crippen LogP contribution in [0.25, 0.3) is 5.95 Å². The lowest BCUT2D eigenvalue weighted by molar-refractivity contribution is -0.134. The van der Waals surface area contributed by atoms with Gasteiger partial charge in [0.2, 0.25) is 0 Å². The number of nitrogens with one attached hydrogen (secondary N) is 3. The van der Waals surface area contributed by atoms with Gasteiger partial charge in [0.1, 0.15) is 24.3 Å². The Morgan fingerprint density at radius 2 is 1.93 bits per heavy atom. The number of nitrogen functional groups attached to an aromatic ring is 1. The van der Waals surface area contributed by atoms with Crippen LogP contribution in [0.1, 0.15) is 29.9 Å². The summed E-state index contributed by atoms with van der Waals surface area (Å²) in [5.41, 5.74) is 6.14. The largest absolute Gasteiger partial charge is 0.493 e. The average molecular weight is 551 g/mol. The number of ether oxygens (including phenoxy) is 2. The monoisotopic (exact) mass is 550 g/mol. The highest BCUT2D eigenvalue weighted by molar-refractivity contribution is 5.95. The van der Waals surface area contributed by atoms with Gasteiger partial charge in [-0.3, -0.25) is 15.2 Å². The summed E-state index contributed by atoms with van der Waals surface area (Å²) in [5, 5.41) is 22.5. The topological polar surface area (TPSA) is 194 Å². The van der Waals surface area contributed by atoms with E-state index in [0.29, 0.717) is 11.3 Å². The number of benzene rings is 2. The van der Waals surface area contributed by atoms with Gasteiger partial charge in [0, 0.05) is 42.2 Å². The van der Waals surface area contributed by atoms with Gasteiger partial charge in [0.15, 0.2) is 17.3 Å². The van der Waals surface area contributed by atoms with E-state index in [0.717, 1.165) is 11.6 Å². The number of carbonyl (C=O) groups is 1. The van der Waals surface area contributed by atoms with Gasteiger partial charge in [-0.15, -0.1) is 9.78 Å². The van der Waals surface area contributed by atoms with E-state index in [1.165, 1.54) is 31.6 Å². The summed E-state index contributed by atoms with van der Waals surface area (Å²) >= 11 is 0. The Hall–Kier alpha value is -5.53. The van der Waals surface area contributed by atoms with Crippen LogP contribution in [0.4, 0.5) is 10.1 Å². The number of carboxylic acid groups (broad SMARTS) is 1. The van der Waals surface area contributed by atoms with Crippen LogP contribution in [0.15, 0.2) is 72.3 Å². The number of hydrogen-bond acceptors (Lipinski definition) is 9. The van der Waals surface area contributed by atoms with Crippen molar-refractivity contribution in [2.75, 3.05) is 19.0 Å². The second-order valence-electron chi connectivity index (χ2n) is 7.99. The van der Waals surface area contributed by atoms with E-state index in [4.69, 9.17) is 30.5 Å². The van der Waals surface area contributed by atoms with Gasteiger partial charge < -0.3 is 25.6 Å². The zero-order valence-electron chi connectivity index (χ0n) is 21.6. The van der Waals surface area contributed by atoms with Crippen molar-refractivity contribution in [3.63, 3.8) is 0 Å². The predicted molar refractivity (Wildman–Crippen MR) is 145 cm³/mol. The van der Waals surface area contributed by atoms with Gasteiger partial charge in [0.05, 0.1) is 7.11 Å². The summed E-state index contributed by atoms with van der Waals surface area (Å²) < 4.78 is 27.3. The fourth-order valence-corrected chi connectivity index (χ4v) is 3.41. The molecular weight excluding hydrogens is 523 g/mol. The Bertz CT molecular complexity index is 1530. The molecule has 0 radical (unpaired) electrons. The van der Waals surface area contributed by atoms with Gasteiger partial charge in [-0.1, -0.05) is 12.7 Å². The third-order valence-electron chi connectivity index (χ3n) is 5.11. The average Bonchev–Trinajstić information content (AvgIpc) is 3.32. The predicted octanol–water partition coefficient (Wildman–Crippen LogP) is 2.64. The molecule has 2 heterocycles. The molecule has 1 unspecified atom stereocenters. The number of methoxy groups -OCH3 is 1. The number of hydrogen-bond donors (Lipinski definition) is 5. The number of nitrogens with two attached hydrogens (primary N) is 1. The number of aliphatic carboxylic acids is 1. The lowest BCUT2D eigenvalue weighted by Gasteiger charge is -2.21. The number of aromatic nitrogens is 5. The van der Waals surface area contributed by atoms with E-state index in [1.54, 1.807) is 36.4 Å². The number of anilines is 1. The molecule has 0 amide bonds. The van der Waals surface area contributed by atoms with Crippen LogP contribution >= 0.6 is 0 Å². The summed E-state index contributed by atoms with van der Waals surface area (Å²) in [6, 6.07) is 9.93. The SMILES string of the molecule is C=CCOc1cc(C(Nc2ccc(C(=N)N)cc2)c2nn(-c3ncccn3)c(=O)[nH]2)c(F)cc1OC.CC(=O)O. The fourth-order valence-electron chi connectivity index (χ4n) is 3.41. The summed E-state index contributed by atoms with van der Waals surface area (Å²) in [6.45, 7) is 4.88. The van der Waals surface area contributed by atoms with Crippen molar-refractivity contribution in [2.45, 2.75) is 13.0 Å². The van der Waals surface area contributed by atoms with Crippen molar-refractivity contribution in [3.8, 4) is 17.4 Å². The number of rotatable bonds is 10. The van der Waals surface area contributed by atoms with Crippen LogP contribution in [0.3, 0.4) is 0 Å². The van der Waals surface area contributed by atoms with E-state index in [9.17, 15) is 4.79 Å². The lowest BCUT2D eigenvalue weighted by atomic mass is 10.0. The molecule has 2 aromatic heterocycles. The Kier molecular flexibility index (Phi) is 9.67. The molecular formula is C26H27FN8O5. The standard InChI is InChI=1S/C24H23FN8O3.C2H4O2/c1-3-11-36-19-12-16(17(25)13-18(19)35-2)20(30-15-7-5-14(6-8-15)21(26)27)22-31-24(34)33(32-22)23-28-9-4-10-29-23;1-2(3)4/h3-10,12-13,20,30H,1,11H2,2H3,(H3,26,27)(H,31,32,34);1H3,(H,3,4). The maximum atomic E-state index is 15.4. The van der Waals surface area contributed by atoms with Gasteiger partial charge >= 0.3 is 5.69 Å². The molecule has 0 aliphatic rings. The minimum absolute atomic E-state index is 0.0553. The third-order valence-corrected chi connectivity index (χ3v) is 5.11. The second-order valence-corrected chi connectivity index (χ2v) is 7.99. The highest BCUT2D eigenvalue weighted by Crippen LogP contribution is 2.35. The van der Waals surface area contributed by atoms with Crippen molar-refractivity contribution < 1.29 is 23.8 Å². The van der Waals surface area contributed by atoms with Crippen LogP contribution in [0.2, 0.25) is 0 Å². The Morgan fingerprint density at radius 1 is 1.27 bits per heavy atom. The highest BCUT2D eigenvalue weighted by Gasteiger charge is 2.26. The van der Waals surface area contributed by atoms with Crippen molar-refractivity contribution in [2.24, 2.45) is 5.73 Å². The fraction of sp³-hybridized carbons (Fsp3) is 0.154. The molecule has 0 spiro atoms.